The van der Waals surface area contributed by atoms with Crippen LogP contribution in [-0.4, -0.2) is 85.7 Å². The number of azide groups is 1. The molecule has 4 heterocycles. The maximum absolute atomic E-state index is 10.7. The summed E-state index contributed by atoms with van der Waals surface area (Å²) in [5.74, 6) is 0.633. The SMILES string of the molecule is [N-]=[N+]=NCCCCNc1nc2c(N)ncnc2n1[C@@H]1O[C@H](CN2CC2)C(O)C1O. The number of nitrogen functional groups attached to an aromatic ring is 1. The quantitative estimate of drug-likeness (QED) is 0.145. The zero-order valence-electron chi connectivity index (χ0n) is 15.8. The van der Waals surface area contributed by atoms with Crippen LogP contribution in [0.1, 0.15) is 19.1 Å². The molecule has 0 spiro atoms. The second kappa shape index (κ2) is 8.35. The summed E-state index contributed by atoms with van der Waals surface area (Å²) in [6.07, 6.45) is -0.737. The summed E-state index contributed by atoms with van der Waals surface area (Å²) in [4.78, 5) is 17.6. The van der Waals surface area contributed by atoms with E-state index in [2.05, 4.69) is 35.2 Å². The number of nitrogens with one attached hydrogen (secondary N) is 1. The molecule has 13 heteroatoms. The standard InChI is InChI=1S/C16H24N10O3/c17-13-10-14(21-8-20-13)26(16(23-10)19-3-1-2-4-22-24-18)15-12(28)11(27)9(29-15)7-25-5-6-25/h8-9,11-12,15,27-28H,1-7H2,(H,19,23)(H2,17,20,21)/t9-,11?,12?,15-/m1/s1. The van der Waals surface area contributed by atoms with Gasteiger partial charge < -0.3 is 26.0 Å². The number of aliphatic hydroxyl groups is 2. The third kappa shape index (κ3) is 4.04. The van der Waals surface area contributed by atoms with Crippen LogP contribution >= 0.6 is 0 Å². The van der Waals surface area contributed by atoms with E-state index >= 15 is 0 Å². The van der Waals surface area contributed by atoms with Gasteiger partial charge in [0.2, 0.25) is 5.95 Å². The van der Waals surface area contributed by atoms with E-state index in [1.54, 1.807) is 4.57 Å². The van der Waals surface area contributed by atoms with Gasteiger partial charge in [-0.1, -0.05) is 5.11 Å². The largest absolute Gasteiger partial charge is 0.387 e. The summed E-state index contributed by atoms with van der Waals surface area (Å²) < 4.78 is 7.64. The lowest BCUT2D eigenvalue weighted by Gasteiger charge is -2.19. The maximum Gasteiger partial charge on any atom is 0.207 e. The molecule has 156 valence electrons. The first-order chi connectivity index (χ1) is 14.1. The average Bonchev–Trinajstić information content (AvgIpc) is 3.40. The van der Waals surface area contributed by atoms with E-state index in [0.29, 0.717) is 36.7 Å². The Kier molecular flexibility index (Phi) is 5.65. The van der Waals surface area contributed by atoms with Gasteiger partial charge in [-0.15, -0.1) is 0 Å². The Bertz CT molecular complexity index is 910. The second-order valence-electron chi connectivity index (χ2n) is 7.17. The van der Waals surface area contributed by atoms with E-state index in [1.165, 1.54) is 6.33 Å². The minimum absolute atomic E-state index is 0.217. The second-order valence-corrected chi connectivity index (χ2v) is 7.17. The van der Waals surface area contributed by atoms with Gasteiger partial charge in [-0.25, -0.2) is 15.0 Å². The number of hydrogen-bond donors (Lipinski definition) is 4. The molecule has 0 saturated carbocycles. The zero-order valence-corrected chi connectivity index (χ0v) is 15.8. The number of rotatable bonds is 9. The van der Waals surface area contributed by atoms with Gasteiger partial charge in [0, 0.05) is 37.6 Å². The number of nitrogens with two attached hydrogens (primary N) is 1. The molecule has 4 atom stereocenters. The summed E-state index contributed by atoms with van der Waals surface area (Å²) in [5.41, 5.74) is 15.1. The van der Waals surface area contributed by atoms with Gasteiger partial charge in [-0.2, -0.15) is 0 Å². The highest BCUT2D eigenvalue weighted by atomic mass is 16.6. The van der Waals surface area contributed by atoms with Crippen LogP contribution in [0, 0.1) is 0 Å². The lowest BCUT2D eigenvalue weighted by molar-refractivity contribution is -0.0364. The van der Waals surface area contributed by atoms with E-state index in [-0.39, 0.29) is 5.82 Å². The van der Waals surface area contributed by atoms with Gasteiger partial charge >= 0.3 is 0 Å². The number of nitrogens with zero attached hydrogens (tertiary/aromatic N) is 8. The molecule has 0 amide bonds. The van der Waals surface area contributed by atoms with Crippen molar-refractivity contribution in [1.29, 1.82) is 0 Å². The summed E-state index contributed by atoms with van der Waals surface area (Å²) in [7, 11) is 0. The number of ether oxygens (including phenoxy) is 1. The molecule has 0 bridgehead atoms. The molecule has 0 aromatic carbocycles. The number of hydrogen-bond acceptors (Lipinski definition) is 10. The van der Waals surface area contributed by atoms with Crippen molar-refractivity contribution in [3.63, 3.8) is 0 Å². The smallest absolute Gasteiger partial charge is 0.207 e. The first-order valence-electron chi connectivity index (χ1n) is 9.57. The van der Waals surface area contributed by atoms with Gasteiger partial charge in [0.1, 0.15) is 24.6 Å². The fraction of sp³-hybridized carbons (Fsp3) is 0.688. The van der Waals surface area contributed by atoms with Crippen molar-refractivity contribution < 1.29 is 14.9 Å². The molecule has 2 aliphatic rings. The normalized spacial score (nSPS) is 26.6. The number of unbranched alkanes of at least 4 members (excludes halogenated alkanes) is 1. The van der Waals surface area contributed by atoms with E-state index in [0.717, 1.165) is 25.9 Å². The first kappa shape index (κ1) is 19.6. The maximum atomic E-state index is 10.7. The van der Waals surface area contributed by atoms with Crippen LogP contribution in [0.25, 0.3) is 21.6 Å². The molecule has 13 nitrogen and oxygen atoms in total. The van der Waals surface area contributed by atoms with Crippen LogP contribution in [0.3, 0.4) is 0 Å². The molecular formula is C16H24N10O3. The van der Waals surface area contributed by atoms with Gasteiger partial charge in [-0.05, 0) is 18.4 Å². The van der Waals surface area contributed by atoms with Crippen LogP contribution in [0.4, 0.5) is 11.8 Å². The van der Waals surface area contributed by atoms with Crippen molar-refractivity contribution in [1.82, 2.24) is 24.4 Å². The fourth-order valence-corrected chi connectivity index (χ4v) is 3.45. The molecule has 2 unspecified atom stereocenters. The Morgan fingerprint density at radius 2 is 2.14 bits per heavy atom. The van der Waals surface area contributed by atoms with Crippen LogP contribution in [0.15, 0.2) is 11.4 Å². The van der Waals surface area contributed by atoms with Crippen molar-refractivity contribution in [2.24, 2.45) is 5.11 Å². The van der Waals surface area contributed by atoms with E-state index in [4.69, 9.17) is 16.0 Å². The van der Waals surface area contributed by atoms with E-state index < -0.39 is 24.5 Å². The molecule has 5 N–H and O–H groups in total. The number of anilines is 2. The van der Waals surface area contributed by atoms with Crippen molar-refractivity contribution in [3.05, 3.63) is 16.8 Å². The minimum Gasteiger partial charge on any atom is -0.387 e. The highest BCUT2D eigenvalue weighted by Crippen LogP contribution is 2.35. The molecule has 29 heavy (non-hydrogen) atoms. The number of imidazole rings is 1. The number of aliphatic hydroxyl groups excluding tert-OH is 2. The first-order valence-corrected chi connectivity index (χ1v) is 9.57. The summed E-state index contributed by atoms with van der Waals surface area (Å²) in [5, 5.41) is 27.8. The lowest BCUT2D eigenvalue weighted by atomic mass is 10.1. The summed E-state index contributed by atoms with van der Waals surface area (Å²) >= 11 is 0. The predicted molar refractivity (Wildman–Crippen MR) is 104 cm³/mol. The van der Waals surface area contributed by atoms with Gasteiger partial charge in [-0.3, -0.25) is 9.47 Å². The van der Waals surface area contributed by atoms with Crippen LogP contribution in [0.5, 0.6) is 0 Å². The van der Waals surface area contributed by atoms with Crippen LogP contribution in [0.2, 0.25) is 0 Å². The molecular weight excluding hydrogens is 380 g/mol. The van der Waals surface area contributed by atoms with Crippen LogP contribution in [-0.2, 0) is 4.74 Å². The van der Waals surface area contributed by atoms with Gasteiger partial charge in [0.05, 0.1) is 0 Å². The van der Waals surface area contributed by atoms with Crippen molar-refractivity contribution in [3.8, 4) is 0 Å². The molecule has 2 aliphatic heterocycles. The monoisotopic (exact) mass is 404 g/mol. The van der Waals surface area contributed by atoms with Crippen molar-refractivity contribution in [2.45, 2.75) is 37.4 Å². The highest BCUT2D eigenvalue weighted by Gasteiger charge is 2.46. The van der Waals surface area contributed by atoms with Crippen molar-refractivity contribution >= 4 is 22.9 Å². The number of fused-ring (bicyclic) bond motifs is 1. The fourth-order valence-electron chi connectivity index (χ4n) is 3.45. The molecule has 2 fully saturated rings. The number of aromatic nitrogens is 4. The third-order valence-electron chi connectivity index (χ3n) is 5.11. The summed E-state index contributed by atoms with van der Waals surface area (Å²) in [6.45, 7) is 3.46. The minimum atomic E-state index is -1.14. The summed E-state index contributed by atoms with van der Waals surface area (Å²) in [6, 6.07) is 0. The highest BCUT2D eigenvalue weighted by molar-refractivity contribution is 5.84. The van der Waals surface area contributed by atoms with Gasteiger partial charge in [0.25, 0.3) is 0 Å². The molecule has 2 aromatic heterocycles. The molecule has 2 aromatic rings. The Hall–Kier alpha value is -2.70. The molecule has 0 aliphatic carbocycles. The lowest BCUT2D eigenvalue weighted by Crippen LogP contribution is -2.35. The van der Waals surface area contributed by atoms with Gasteiger partial charge in [0.15, 0.2) is 23.2 Å². The molecule has 2 saturated heterocycles. The molecule has 4 rings (SSSR count). The van der Waals surface area contributed by atoms with Crippen LogP contribution < -0.4 is 11.1 Å². The Morgan fingerprint density at radius 3 is 2.90 bits per heavy atom. The zero-order chi connectivity index (χ0) is 20.4. The predicted octanol–water partition coefficient (Wildman–Crippen LogP) is -0.154. The van der Waals surface area contributed by atoms with E-state index in [9.17, 15) is 10.2 Å². The molecule has 0 radical (unpaired) electrons. The third-order valence-corrected chi connectivity index (χ3v) is 5.11. The Balaban J connectivity index is 1.57. The topological polar surface area (TPSA) is 183 Å². The average molecular weight is 404 g/mol. The van der Waals surface area contributed by atoms with E-state index in [1.807, 2.05) is 0 Å². The Labute approximate surface area is 166 Å². The van der Waals surface area contributed by atoms with Crippen molar-refractivity contribution in [2.75, 3.05) is 43.8 Å². The Morgan fingerprint density at radius 1 is 1.31 bits per heavy atom.